The summed E-state index contributed by atoms with van der Waals surface area (Å²) in [5.41, 5.74) is 5.85. The second-order valence-electron chi connectivity index (χ2n) is 2.49. The van der Waals surface area contributed by atoms with Gasteiger partial charge in [-0.25, -0.2) is 4.79 Å². The van der Waals surface area contributed by atoms with Crippen LogP contribution in [-0.4, -0.2) is 22.4 Å². The third-order valence-electron chi connectivity index (χ3n) is 1.58. The van der Waals surface area contributed by atoms with Crippen molar-refractivity contribution in [3.05, 3.63) is 11.8 Å². The van der Waals surface area contributed by atoms with Gasteiger partial charge in [-0.1, -0.05) is 0 Å². The molecule has 1 aromatic heterocycles. The van der Waals surface area contributed by atoms with E-state index in [4.69, 9.17) is 10.5 Å². The molecule has 0 fully saturated rings. The van der Waals surface area contributed by atoms with Gasteiger partial charge in [0.05, 0.1) is 6.61 Å². The minimum Gasteiger partial charge on any atom is -0.461 e. The summed E-state index contributed by atoms with van der Waals surface area (Å²) in [5.74, 6) is -0.0431. The van der Waals surface area contributed by atoms with E-state index in [0.29, 0.717) is 24.7 Å². The number of anilines is 1. The van der Waals surface area contributed by atoms with Crippen LogP contribution in [0.4, 0.5) is 5.82 Å². The van der Waals surface area contributed by atoms with Crippen LogP contribution in [0, 0.1) is 0 Å². The van der Waals surface area contributed by atoms with Crippen LogP contribution in [0.2, 0.25) is 0 Å². The quantitative estimate of drug-likeness (QED) is 0.699. The first-order valence-corrected chi connectivity index (χ1v) is 4.19. The van der Waals surface area contributed by atoms with Gasteiger partial charge in [0.15, 0.2) is 0 Å². The van der Waals surface area contributed by atoms with Crippen molar-refractivity contribution in [2.45, 2.75) is 20.4 Å². The molecule has 0 saturated carbocycles. The van der Waals surface area contributed by atoms with Crippen LogP contribution in [0.1, 0.15) is 24.3 Å². The SMILES string of the molecule is CCOC(=O)c1cc(N)nn1CC. The van der Waals surface area contributed by atoms with Gasteiger partial charge in [0.1, 0.15) is 11.5 Å². The first kappa shape index (κ1) is 9.57. The Balaban J connectivity index is 2.91. The number of carbonyl (C=O) groups excluding carboxylic acids is 1. The number of rotatable bonds is 3. The molecule has 72 valence electrons. The molecule has 0 aliphatic carbocycles. The lowest BCUT2D eigenvalue weighted by molar-refractivity contribution is 0.0512. The minimum atomic E-state index is -0.381. The molecule has 0 amide bonds. The Morgan fingerprint density at radius 2 is 2.38 bits per heavy atom. The van der Waals surface area contributed by atoms with Gasteiger partial charge in [-0.2, -0.15) is 5.10 Å². The zero-order chi connectivity index (χ0) is 9.84. The average Bonchev–Trinajstić information content (AvgIpc) is 2.47. The second kappa shape index (κ2) is 3.93. The molecule has 0 saturated heterocycles. The normalized spacial score (nSPS) is 10.0. The number of aryl methyl sites for hydroxylation is 1. The van der Waals surface area contributed by atoms with E-state index in [2.05, 4.69) is 5.10 Å². The number of aromatic nitrogens is 2. The number of hydrogen-bond donors (Lipinski definition) is 1. The van der Waals surface area contributed by atoms with Gasteiger partial charge in [0.2, 0.25) is 0 Å². The van der Waals surface area contributed by atoms with Crippen molar-refractivity contribution in [2.24, 2.45) is 0 Å². The van der Waals surface area contributed by atoms with E-state index in [1.165, 1.54) is 10.7 Å². The number of hydrogen-bond acceptors (Lipinski definition) is 4. The average molecular weight is 183 g/mol. The lowest BCUT2D eigenvalue weighted by atomic mass is 10.4. The molecule has 0 radical (unpaired) electrons. The van der Waals surface area contributed by atoms with Gasteiger partial charge in [-0.05, 0) is 13.8 Å². The highest BCUT2D eigenvalue weighted by atomic mass is 16.5. The smallest absolute Gasteiger partial charge is 0.356 e. The van der Waals surface area contributed by atoms with Crippen molar-refractivity contribution < 1.29 is 9.53 Å². The zero-order valence-corrected chi connectivity index (χ0v) is 7.78. The summed E-state index contributed by atoms with van der Waals surface area (Å²) in [4.78, 5) is 11.3. The Hall–Kier alpha value is -1.52. The fourth-order valence-electron chi connectivity index (χ4n) is 1.05. The van der Waals surface area contributed by atoms with Crippen LogP contribution >= 0.6 is 0 Å². The van der Waals surface area contributed by atoms with E-state index in [0.717, 1.165) is 0 Å². The highest BCUT2D eigenvalue weighted by Gasteiger charge is 2.13. The molecule has 1 aromatic rings. The van der Waals surface area contributed by atoms with Crippen molar-refractivity contribution in [3.8, 4) is 0 Å². The van der Waals surface area contributed by atoms with E-state index >= 15 is 0 Å². The van der Waals surface area contributed by atoms with E-state index in [9.17, 15) is 4.79 Å². The van der Waals surface area contributed by atoms with Crippen LogP contribution in [-0.2, 0) is 11.3 Å². The molecule has 5 heteroatoms. The fraction of sp³-hybridized carbons (Fsp3) is 0.500. The standard InChI is InChI=1S/C8H13N3O2/c1-3-11-6(5-7(9)10-11)8(12)13-4-2/h5H,3-4H2,1-2H3,(H2,9,10). The predicted molar refractivity (Wildman–Crippen MR) is 48.3 cm³/mol. The molecule has 13 heavy (non-hydrogen) atoms. The van der Waals surface area contributed by atoms with E-state index in [1.807, 2.05) is 6.92 Å². The molecule has 1 heterocycles. The number of esters is 1. The van der Waals surface area contributed by atoms with Gasteiger partial charge in [0, 0.05) is 12.6 Å². The van der Waals surface area contributed by atoms with Crippen molar-refractivity contribution in [1.29, 1.82) is 0 Å². The maximum atomic E-state index is 11.3. The largest absolute Gasteiger partial charge is 0.461 e. The lowest BCUT2D eigenvalue weighted by Gasteiger charge is -2.02. The number of nitrogens with zero attached hydrogens (tertiary/aromatic N) is 2. The van der Waals surface area contributed by atoms with Crippen molar-refractivity contribution in [1.82, 2.24) is 9.78 Å². The first-order valence-electron chi connectivity index (χ1n) is 4.19. The van der Waals surface area contributed by atoms with Crippen LogP contribution in [0.25, 0.3) is 0 Å². The van der Waals surface area contributed by atoms with Crippen LogP contribution in [0.15, 0.2) is 6.07 Å². The van der Waals surface area contributed by atoms with Gasteiger partial charge < -0.3 is 10.5 Å². The molecule has 0 unspecified atom stereocenters. The molecule has 0 aliphatic rings. The van der Waals surface area contributed by atoms with E-state index < -0.39 is 0 Å². The van der Waals surface area contributed by atoms with Gasteiger partial charge in [0.25, 0.3) is 0 Å². The number of carbonyl (C=O) groups is 1. The van der Waals surface area contributed by atoms with Crippen molar-refractivity contribution in [2.75, 3.05) is 12.3 Å². The summed E-state index contributed by atoms with van der Waals surface area (Å²) in [5, 5.41) is 3.93. The van der Waals surface area contributed by atoms with E-state index in [-0.39, 0.29) is 5.97 Å². The number of ether oxygens (including phenoxy) is 1. The van der Waals surface area contributed by atoms with Crippen molar-refractivity contribution in [3.63, 3.8) is 0 Å². The molecule has 0 bridgehead atoms. The molecule has 1 rings (SSSR count). The van der Waals surface area contributed by atoms with Crippen LogP contribution < -0.4 is 5.73 Å². The highest BCUT2D eigenvalue weighted by Crippen LogP contribution is 2.07. The number of nitrogens with two attached hydrogens (primary N) is 1. The predicted octanol–water partition coefficient (Wildman–Crippen LogP) is 0.662. The Labute approximate surface area is 76.5 Å². The zero-order valence-electron chi connectivity index (χ0n) is 7.78. The molecule has 5 nitrogen and oxygen atoms in total. The minimum absolute atomic E-state index is 0.338. The first-order chi connectivity index (χ1) is 6.19. The molecular weight excluding hydrogens is 170 g/mol. The third-order valence-corrected chi connectivity index (χ3v) is 1.58. The summed E-state index contributed by atoms with van der Waals surface area (Å²) < 4.78 is 6.35. The Bertz CT molecular complexity index is 306. The van der Waals surface area contributed by atoms with Gasteiger partial charge >= 0.3 is 5.97 Å². The Morgan fingerprint density at radius 3 is 2.92 bits per heavy atom. The summed E-state index contributed by atoms with van der Waals surface area (Å²) in [6.45, 7) is 4.60. The monoisotopic (exact) mass is 183 g/mol. The maximum absolute atomic E-state index is 11.3. The Morgan fingerprint density at radius 1 is 1.69 bits per heavy atom. The molecule has 0 aliphatic heterocycles. The lowest BCUT2D eigenvalue weighted by Crippen LogP contribution is -2.12. The molecular formula is C8H13N3O2. The highest BCUT2D eigenvalue weighted by molar-refractivity contribution is 5.88. The molecule has 0 spiro atoms. The third kappa shape index (κ3) is 1.99. The van der Waals surface area contributed by atoms with Gasteiger partial charge in [-0.3, -0.25) is 4.68 Å². The summed E-state index contributed by atoms with van der Waals surface area (Å²) in [7, 11) is 0. The molecule has 0 atom stereocenters. The summed E-state index contributed by atoms with van der Waals surface area (Å²) in [6, 6.07) is 1.52. The summed E-state index contributed by atoms with van der Waals surface area (Å²) >= 11 is 0. The Kier molecular flexibility index (Phi) is 2.89. The molecule has 2 N–H and O–H groups in total. The van der Waals surface area contributed by atoms with Crippen LogP contribution in [0.3, 0.4) is 0 Å². The van der Waals surface area contributed by atoms with E-state index in [1.54, 1.807) is 6.92 Å². The maximum Gasteiger partial charge on any atom is 0.356 e. The second-order valence-corrected chi connectivity index (χ2v) is 2.49. The van der Waals surface area contributed by atoms with Crippen LogP contribution in [0.5, 0.6) is 0 Å². The topological polar surface area (TPSA) is 70.1 Å². The molecule has 0 aromatic carbocycles. The fourth-order valence-corrected chi connectivity index (χ4v) is 1.05. The number of nitrogen functional groups attached to an aromatic ring is 1. The van der Waals surface area contributed by atoms with Crippen molar-refractivity contribution >= 4 is 11.8 Å². The van der Waals surface area contributed by atoms with Gasteiger partial charge in [-0.15, -0.1) is 0 Å². The summed E-state index contributed by atoms with van der Waals surface area (Å²) in [6.07, 6.45) is 0.